The summed E-state index contributed by atoms with van der Waals surface area (Å²) in [5, 5.41) is 1.22. The van der Waals surface area contributed by atoms with Crippen molar-refractivity contribution in [3.05, 3.63) is 52.5 Å². The lowest BCUT2D eigenvalue weighted by atomic mass is 10.2. The molecule has 2 aromatic carbocycles. The number of carbonyl (C=O) groups is 1. The van der Waals surface area contributed by atoms with E-state index < -0.39 is 10.0 Å². The molecule has 0 saturated carbocycles. The number of aryl methyl sites for hydroxylation is 1. The second-order valence-corrected chi connectivity index (χ2v) is 13.0. The normalized spacial score (nSPS) is 15.7. The van der Waals surface area contributed by atoms with Gasteiger partial charge in [-0.1, -0.05) is 36.8 Å². The average molecular weight is 616 g/mol. The van der Waals surface area contributed by atoms with Gasteiger partial charge in [0, 0.05) is 43.9 Å². The first-order valence-electron chi connectivity index (χ1n) is 12.9. The van der Waals surface area contributed by atoms with E-state index in [1.54, 1.807) is 24.1 Å². The maximum Gasteiger partial charge on any atom is 0.260 e. The van der Waals surface area contributed by atoms with Gasteiger partial charge in [0.1, 0.15) is 0 Å². The number of rotatable bonds is 11. The molecule has 1 atom stereocenters. The molecule has 39 heavy (non-hydrogen) atoms. The fraction of sp³-hybridized carbons (Fsp3) is 0.481. The molecule has 1 amide bonds. The van der Waals surface area contributed by atoms with Gasteiger partial charge < -0.3 is 9.64 Å². The van der Waals surface area contributed by atoms with Crippen LogP contribution in [0.4, 0.5) is 5.13 Å². The number of ether oxygens (including phenoxy) is 1. The lowest BCUT2D eigenvalue weighted by Gasteiger charge is -2.25. The first-order valence-corrected chi connectivity index (χ1v) is 15.6. The van der Waals surface area contributed by atoms with Crippen molar-refractivity contribution in [2.24, 2.45) is 0 Å². The van der Waals surface area contributed by atoms with Gasteiger partial charge in [0.05, 0.1) is 21.2 Å². The fourth-order valence-electron chi connectivity index (χ4n) is 4.60. The zero-order chi connectivity index (χ0) is 27.4. The molecule has 0 aliphatic carbocycles. The number of aromatic nitrogens is 1. The average Bonchev–Trinajstić information content (AvgIpc) is 3.56. The largest absolute Gasteiger partial charge is 0.377 e. The van der Waals surface area contributed by atoms with Crippen LogP contribution in [0.25, 0.3) is 10.2 Å². The zero-order valence-corrected chi connectivity index (χ0v) is 25.9. The molecule has 0 spiro atoms. The van der Waals surface area contributed by atoms with Gasteiger partial charge in [-0.25, -0.2) is 13.4 Å². The zero-order valence-electron chi connectivity index (χ0n) is 22.7. The van der Waals surface area contributed by atoms with E-state index in [4.69, 9.17) is 21.3 Å². The number of hydrogen-bond acceptors (Lipinski definition) is 7. The van der Waals surface area contributed by atoms with E-state index in [0.717, 1.165) is 41.7 Å². The molecular formula is C27H36Cl2N4O4S2. The van der Waals surface area contributed by atoms with E-state index in [1.165, 1.54) is 27.8 Å². The van der Waals surface area contributed by atoms with Crippen molar-refractivity contribution in [1.29, 1.82) is 0 Å². The SMILES string of the molecule is CCN(CC)CCN(C(=O)c1ccc(S(=O)(=O)N(C)CC2CCCO2)cc1)c1nc2c(C)cc(Cl)cc2s1.Cl. The standard InChI is InChI=1S/C27H35ClN4O4S2.ClH/c1-5-31(6-2)13-14-32(27-29-25-19(3)16-21(28)17-24(25)37-27)26(33)20-9-11-23(12-10-20)38(34,35)30(4)18-22-8-7-15-36-22;/h9-12,16-17,22H,5-8,13-15,18H2,1-4H3;1H. The second kappa shape index (κ2) is 13.7. The van der Waals surface area contributed by atoms with Gasteiger partial charge in [0.15, 0.2) is 5.13 Å². The summed E-state index contributed by atoms with van der Waals surface area (Å²) >= 11 is 7.69. The Balaban J connectivity index is 0.00000420. The Hall–Kier alpha value is -1.79. The molecule has 4 rings (SSSR count). The van der Waals surface area contributed by atoms with Crippen molar-refractivity contribution in [3.8, 4) is 0 Å². The first kappa shape index (κ1) is 31.7. The number of hydrogen-bond donors (Lipinski definition) is 0. The van der Waals surface area contributed by atoms with Crippen molar-refractivity contribution < 1.29 is 17.9 Å². The maximum atomic E-state index is 13.8. The summed E-state index contributed by atoms with van der Waals surface area (Å²) in [6.07, 6.45) is 1.72. The molecule has 1 unspecified atom stereocenters. The molecular weight excluding hydrogens is 579 g/mol. The molecule has 1 aliphatic rings. The molecule has 1 aliphatic heterocycles. The monoisotopic (exact) mass is 614 g/mol. The molecule has 3 aromatic rings. The number of fused-ring (bicyclic) bond motifs is 1. The lowest BCUT2D eigenvalue weighted by molar-refractivity contribution is 0.0978. The Kier molecular flexibility index (Phi) is 11.2. The van der Waals surface area contributed by atoms with E-state index in [2.05, 4.69) is 18.7 Å². The molecule has 8 nitrogen and oxygen atoms in total. The third-order valence-corrected chi connectivity index (χ3v) is 10.0. The van der Waals surface area contributed by atoms with Crippen LogP contribution in [0.1, 0.15) is 42.6 Å². The number of halogens is 2. The van der Waals surface area contributed by atoms with Crippen molar-refractivity contribution in [2.45, 2.75) is 44.6 Å². The molecule has 0 radical (unpaired) electrons. The summed E-state index contributed by atoms with van der Waals surface area (Å²) in [5.41, 5.74) is 2.18. The molecule has 0 bridgehead atoms. The summed E-state index contributed by atoms with van der Waals surface area (Å²) < 4.78 is 34.1. The molecule has 1 fully saturated rings. The number of nitrogens with zero attached hydrogens (tertiary/aromatic N) is 4. The lowest BCUT2D eigenvalue weighted by Crippen LogP contribution is -2.39. The van der Waals surface area contributed by atoms with Crippen LogP contribution in [-0.2, 0) is 14.8 Å². The number of carbonyl (C=O) groups excluding carboxylic acids is 1. The number of anilines is 1. The molecule has 12 heteroatoms. The Labute approximate surface area is 246 Å². The summed E-state index contributed by atoms with van der Waals surface area (Å²) in [6, 6.07) is 9.89. The Morgan fingerprint density at radius 2 is 1.85 bits per heavy atom. The van der Waals surface area contributed by atoms with E-state index in [0.29, 0.717) is 42.0 Å². The number of benzene rings is 2. The number of likely N-dealkylation sites (N-methyl/N-ethyl adjacent to an activating group) is 2. The van der Waals surface area contributed by atoms with Crippen LogP contribution in [0.3, 0.4) is 0 Å². The van der Waals surface area contributed by atoms with Crippen molar-refractivity contribution in [3.63, 3.8) is 0 Å². The number of thiazole rings is 1. The van der Waals surface area contributed by atoms with Crippen LogP contribution in [0.15, 0.2) is 41.3 Å². The topological polar surface area (TPSA) is 83.1 Å². The molecule has 1 saturated heterocycles. The van der Waals surface area contributed by atoms with Crippen molar-refractivity contribution in [2.75, 3.05) is 51.3 Å². The summed E-state index contributed by atoms with van der Waals surface area (Å²) in [4.78, 5) is 22.6. The molecule has 1 aromatic heterocycles. The Morgan fingerprint density at radius 1 is 1.15 bits per heavy atom. The van der Waals surface area contributed by atoms with Crippen LogP contribution < -0.4 is 4.90 Å². The van der Waals surface area contributed by atoms with Crippen LogP contribution in [-0.4, -0.2) is 81.0 Å². The van der Waals surface area contributed by atoms with Crippen LogP contribution in [0.5, 0.6) is 0 Å². The van der Waals surface area contributed by atoms with E-state index in [1.807, 2.05) is 19.1 Å². The minimum Gasteiger partial charge on any atom is -0.377 e. The highest BCUT2D eigenvalue weighted by Gasteiger charge is 2.27. The summed E-state index contributed by atoms with van der Waals surface area (Å²) in [6.45, 7) is 10.0. The van der Waals surface area contributed by atoms with Crippen LogP contribution >= 0.6 is 35.3 Å². The van der Waals surface area contributed by atoms with Gasteiger partial charge >= 0.3 is 0 Å². The molecule has 0 N–H and O–H groups in total. The van der Waals surface area contributed by atoms with E-state index in [9.17, 15) is 13.2 Å². The highest BCUT2D eigenvalue weighted by Crippen LogP contribution is 2.33. The highest BCUT2D eigenvalue weighted by atomic mass is 35.5. The van der Waals surface area contributed by atoms with Gasteiger partial charge in [-0.2, -0.15) is 4.31 Å². The maximum absolute atomic E-state index is 13.8. The second-order valence-electron chi connectivity index (χ2n) is 9.49. The van der Waals surface area contributed by atoms with Crippen LogP contribution in [0.2, 0.25) is 5.02 Å². The smallest absolute Gasteiger partial charge is 0.260 e. The van der Waals surface area contributed by atoms with Gasteiger partial charge in [-0.15, -0.1) is 12.4 Å². The Morgan fingerprint density at radius 3 is 2.46 bits per heavy atom. The quantitative estimate of drug-likeness (QED) is 0.285. The highest BCUT2D eigenvalue weighted by molar-refractivity contribution is 7.89. The predicted octanol–water partition coefficient (Wildman–Crippen LogP) is 5.47. The van der Waals surface area contributed by atoms with Crippen LogP contribution in [0, 0.1) is 6.92 Å². The Bertz CT molecular complexity index is 1370. The summed E-state index contributed by atoms with van der Waals surface area (Å²) in [5.74, 6) is -0.225. The molecule has 214 valence electrons. The number of amides is 1. The minimum absolute atomic E-state index is 0. The first-order chi connectivity index (χ1) is 18.1. The molecule has 2 heterocycles. The van der Waals surface area contributed by atoms with Crippen molar-refractivity contribution in [1.82, 2.24) is 14.2 Å². The van der Waals surface area contributed by atoms with E-state index in [-0.39, 0.29) is 29.3 Å². The van der Waals surface area contributed by atoms with Gasteiger partial charge in [0.25, 0.3) is 5.91 Å². The third-order valence-electron chi connectivity index (χ3n) is 6.94. The van der Waals surface area contributed by atoms with Crippen molar-refractivity contribution >= 4 is 66.6 Å². The third kappa shape index (κ3) is 7.30. The van der Waals surface area contributed by atoms with Gasteiger partial charge in [-0.3, -0.25) is 9.69 Å². The van der Waals surface area contributed by atoms with Gasteiger partial charge in [-0.05, 0) is 74.8 Å². The number of sulfonamides is 1. The van der Waals surface area contributed by atoms with E-state index >= 15 is 0 Å². The predicted molar refractivity (Wildman–Crippen MR) is 161 cm³/mol. The fourth-order valence-corrected chi connectivity index (χ4v) is 7.25. The minimum atomic E-state index is -3.70. The summed E-state index contributed by atoms with van der Waals surface area (Å²) in [7, 11) is -2.13. The van der Waals surface area contributed by atoms with Gasteiger partial charge in [0.2, 0.25) is 10.0 Å².